The van der Waals surface area contributed by atoms with Crippen LogP contribution in [0.15, 0.2) is 28.7 Å². The quantitative estimate of drug-likeness (QED) is 0.735. The van der Waals surface area contributed by atoms with Crippen LogP contribution < -0.4 is 5.73 Å². The van der Waals surface area contributed by atoms with E-state index < -0.39 is 0 Å². The normalized spacial score (nSPS) is 10.5. The van der Waals surface area contributed by atoms with Crippen molar-refractivity contribution in [3.05, 3.63) is 30.2 Å². The van der Waals surface area contributed by atoms with Gasteiger partial charge in [-0.05, 0) is 12.1 Å². The number of fused-ring (bicyclic) bond motifs is 1. The Bertz CT molecular complexity index is 417. The molecule has 3 nitrogen and oxygen atoms in total. The van der Waals surface area contributed by atoms with E-state index >= 15 is 0 Å². The molecule has 1 aromatic carbocycles. The van der Waals surface area contributed by atoms with Gasteiger partial charge >= 0.3 is 0 Å². The Morgan fingerprint density at radius 3 is 2.92 bits per heavy atom. The molecule has 0 unspecified atom stereocenters. The van der Waals surface area contributed by atoms with Crippen molar-refractivity contribution in [3.8, 4) is 0 Å². The highest BCUT2D eigenvalue weighted by atomic mass is 32.1. The molecule has 0 radical (unpaired) electrons. The summed E-state index contributed by atoms with van der Waals surface area (Å²) < 4.78 is 5.40. The van der Waals surface area contributed by atoms with Gasteiger partial charge in [0.2, 0.25) is 5.89 Å². The molecule has 4 heteroatoms. The lowest BCUT2D eigenvalue weighted by molar-refractivity contribution is 0.551. The van der Waals surface area contributed by atoms with Gasteiger partial charge in [0, 0.05) is 0 Å². The van der Waals surface area contributed by atoms with Gasteiger partial charge in [-0.2, -0.15) is 0 Å². The van der Waals surface area contributed by atoms with Crippen LogP contribution in [0, 0.1) is 0 Å². The standard InChI is InChI=1S/C9H8N2OS/c10-8(13)5-9-11-6-3-1-2-4-7(6)12-9/h1-4H,5H2,(H2,10,13). The van der Waals surface area contributed by atoms with E-state index in [9.17, 15) is 0 Å². The van der Waals surface area contributed by atoms with Crippen molar-refractivity contribution in [1.29, 1.82) is 0 Å². The molecule has 0 bridgehead atoms. The molecule has 0 saturated carbocycles. The van der Waals surface area contributed by atoms with E-state index in [0.29, 0.717) is 17.3 Å². The lowest BCUT2D eigenvalue weighted by Gasteiger charge is -1.88. The van der Waals surface area contributed by atoms with E-state index in [1.54, 1.807) is 0 Å². The third kappa shape index (κ3) is 1.67. The molecule has 0 fully saturated rings. The zero-order chi connectivity index (χ0) is 9.26. The highest BCUT2D eigenvalue weighted by Gasteiger charge is 2.04. The van der Waals surface area contributed by atoms with Crippen LogP contribution in [0.1, 0.15) is 5.89 Å². The zero-order valence-corrected chi connectivity index (χ0v) is 7.67. The van der Waals surface area contributed by atoms with Crippen LogP contribution in [0.4, 0.5) is 0 Å². The van der Waals surface area contributed by atoms with E-state index in [1.807, 2.05) is 24.3 Å². The fourth-order valence-electron chi connectivity index (χ4n) is 1.14. The average Bonchev–Trinajstić information content (AvgIpc) is 2.44. The molecule has 13 heavy (non-hydrogen) atoms. The fourth-order valence-corrected chi connectivity index (χ4v) is 1.27. The molecule has 1 aromatic heterocycles. The van der Waals surface area contributed by atoms with E-state index in [0.717, 1.165) is 11.1 Å². The number of hydrogen-bond donors (Lipinski definition) is 1. The summed E-state index contributed by atoms with van der Waals surface area (Å²) >= 11 is 4.76. The van der Waals surface area contributed by atoms with E-state index in [2.05, 4.69) is 4.98 Å². The number of thiocarbonyl (C=S) groups is 1. The molecule has 2 N–H and O–H groups in total. The number of rotatable bonds is 2. The van der Waals surface area contributed by atoms with E-state index in [1.165, 1.54) is 0 Å². The summed E-state index contributed by atoms with van der Waals surface area (Å²) in [6.45, 7) is 0. The largest absolute Gasteiger partial charge is 0.440 e. The van der Waals surface area contributed by atoms with Gasteiger partial charge in [0.25, 0.3) is 0 Å². The Morgan fingerprint density at radius 1 is 1.46 bits per heavy atom. The number of aromatic nitrogens is 1. The second-order valence-electron chi connectivity index (χ2n) is 2.72. The molecule has 0 spiro atoms. The number of oxazole rings is 1. The van der Waals surface area contributed by atoms with E-state index in [-0.39, 0.29) is 0 Å². The molecule has 0 aliphatic rings. The Labute approximate surface area is 80.6 Å². The summed E-state index contributed by atoms with van der Waals surface area (Å²) in [5, 5.41) is 0. The monoisotopic (exact) mass is 192 g/mol. The van der Waals surface area contributed by atoms with Gasteiger partial charge in [-0.1, -0.05) is 24.4 Å². The van der Waals surface area contributed by atoms with Gasteiger partial charge in [-0.25, -0.2) is 4.98 Å². The van der Waals surface area contributed by atoms with Crippen molar-refractivity contribution in [2.45, 2.75) is 6.42 Å². The first kappa shape index (κ1) is 8.19. The molecule has 2 rings (SSSR count). The molecule has 1 heterocycles. The third-order valence-corrected chi connectivity index (χ3v) is 1.81. The SMILES string of the molecule is NC(=S)Cc1nc2ccccc2o1. The van der Waals surface area contributed by atoms with Crippen LogP contribution in [-0.2, 0) is 6.42 Å². The predicted molar refractivity (Wildman–Crippen MR) is 54.5 cm³/mol. The van der Waals surface area contributed by atoms with Crippen molar-refractivity contribution >= 4 is 28.3 Å². The maximum absolute atomic E-state index is 5.40. The molecule has 2 aromatic rings. The molecule has 0 amide bonds. The minimum Gasteiger partial charge on any atom is -0.440 e. The van der Waals surface area contributed by atoms with Crippen molar-refractivity contribution in [2.24, 2.45) is 5.73 Å². The second kappa shape index (κ2) is 3.14. The lowest BCUT2D eigenvalue weighted by atomic mass is 10.3. The minimum atomic E-state index is 0.395. The van der Waals surface area contributed by atoms with Crippen LogP contribution in [-0.4, -0.2) is 9.97 Å². The Morgan fingerprint density at radius 2 is 2.23 bits per heavy atom. The highest BCUT2D eigenvalue weighted by molar-refractivity contribution is 7.80. The van der Waals surface area contributed by atoms with Crippen molar-refractivity contribution < 1.29 is 4.42 Å². The van der Waals surface area contributed by atoms with Crippen LogP contribution in [0.25, 0.3) is 11.1 Å². The predicted octanol–water partition coefficient (Wildman–Crippen LogP) is 1.66. The molecule has 0 saturated heterocycles. The number of benzene rings is 1. The first-order valence-corrected chi connectivity index (χ1v) is 4.29. The minimum absolute atomic E-state index is 0.395. The van der Waals surface area contributed by atoms with Gasteiger partial charge in [-0.3, -0.25) is 0 Å². The number of nitrogens with zero attached hydrogens (tertiary/aromatic N) is 1. The summed E-state index contributed by atoms with van der Waals surface area (Å²) in [6, 6.07) is 7.57. The van der Waals surface area contributed by atoms with Crippen molar-refractivity contribution in [2.75, 3.05) is 0 Å². The van der Waals surface area contributed by atoms with Crippen LogP contribution in [0.5, 0.6) is 0 Å². The van der Waals surface area contributed by atoms with Crippen molar-refractivity contribution in [3.63, 3.8) is 0 Å². The van der Waals surface area contributed by atoms with E-state index in [4.69, 9.17) is 22.4 Å². The summed E-state index contributed by atoms with van der Waals surface area (Å²) in [7, 11) is 0. The van der Waals surface area contributed by atoms with Gasteiger partial charge < -0.3 is 10.2 Å². The summed E-state index contributed by atoms with van der Waals surface area (Å²) in [4.78, 5) is 4.61. The number of hydrogen-bond acceptors (Lipinski definition) is 3. The Balaban J connectivity index is 2.44. The molecular formula is C9H8N2OS. The Kier molecular flexibility index (Phi) is 1.98. The number of nitrogens with two attached hydrogens (primary N) is 1. The zero-order valence-electron chi connectivity index (χ0n) is 6.86. The van der Waals surface area contributed by atoms with Gasteiger partial charge in [-0.15, -0.1) is 0 Å². The van der Waals surface area contributed by atoms with Gasteiger partial charge in [0.1, 0.15) is 5.52 Å². The van der Waals surface area contributed by atoms with Crippen LogP contribution in [0.2, 0.25) is 0 Å². The van der Waals surface area contributed by atoms with Crippen molar-refractivity contribution in [1.82, 2.24) is 4.98 Å². The topological polar surface area (TPSA) is 52.0 Å². The maximum Gasteiger partial charge on any atom is 0.202 e. The van der Waals surface area contributed by atoms with Crippen LogP contribution >= 0.6 is 12.2 Å². The summed E-state index contributed by atoms with van der Waals surface area (Å²) in [6.07, 6.45) is 0.421. The lowest BCUT2D eigenvalue weighted by Crippen LogP contribution is -2.10. The first-order valence-electron chi connectivity index (χ1n) is 3.88. The molecule has 0 aliphatic carbocycles. The summed E-state index contributed by atoms with van der Waals surface area (Å²) in [5.41, 5.74) is 6.99. The molecule has 0 atom stereocenters. The van der Waals surface area contributed by atoms with Gasteiger partial charge in [0.15, 0.2) is 5.58 Å². The molecule has 66 valence electrons. The average molecular weight is 192 g/mol. The third-order valence-electron chi connectivity index (χ3n) is 1.66. The highest BCUT2D eigenvalue weighted by Crippen LogP contribution is 2.14. The Hall–Kier alpha value is -1.42. The second-order valence-corrected chi connectivity index (χ2v) is 3.24. The van der Waals surface area contributed by atoms with Gasteiger partial charge in [0.05, 0.1) is 11.4 Å². The molecule has 0 aliphatic heterocycles. The smallest absolute Gasteiger partial charge is 0.202 e. The fraction of sp³-hybridized carbons (Fsp3) is 0.111. The number of para-hydroxylation sites is 2. The molecular weight excluding hydrogens is 184 g/mol. The maximum atomic E-state index is 5.40. The first-order chi connectivity index (χ1) is 6.25. The summed E-state index contributed by atoms with van der Waals surface area (Å²) in [5.74, 6) is 0.578. The van der Waals surface area contributed by atoms with Crippen LogP contribution in [0.3, 0.4) is 0 Å².